The van der Waals surface area contributed by atoms with E-state index >= 15 is 0 Å². The molecule has 2 amide bonds. The number of rotatable bonds is 5. The number of nitrogens with one attached hydrogen (secondary N) is 1. The van der Waals surface area contributed by atoms with Gasteiger partial charge in [0.25, 0.3) is 0 Å². The minimum absolute atomic E-state index is 0.294. The monoisotopic (exact) mass is 320 g/mol. The first-order valence-electron chi connectivity index (χ1n) is 6.41. The summed E-state index contributed by atoms with van der Waals surface area (Å²) in [6.07, 6.45) is -0.730. The van der Waals surface area contributed by atoms with E-state index in [1.807, 2.05) is 0 Å². The summed E-state index contributed by atoms with van der Waals surface area (Å²) in [5, 5.41) is 9.42. The highest BCUT2D eigenvalue weighted by Gasteiger charge is 2.42. The smallest absolute Gasteiger partial charge is 0.410 e. The Hall–Kier alpha value is -1.44. The molecule has 0 unspecified atom stereocenters. The van der Waals surface area contributed by atoms with E-state index in [-0.39, 0.29) is 5.91 Å². The zero-order valence-corrected chi connectivity index (χ0v) is 14.3. The Balaban J connectivity index is 5.16. The van der Waals surface area contributed by atoms with Gasteiger partial charge in [-0.3, -0.25) is 14.4 Å². The van der Waals surface area contributed by atoms with Gasteiger partial charge in [-0.2, -0.15) is 0 Å². The molecular formula is C13H24N2O5S. The Bertz CT molecular complexity index is 417. The van der Waals surface area contributed by atoms with Crippen LogP contribution in [0, 0.1) is 0 Å². The first kappa shape index (κ1) is 19.6. The average Bonchev–Trinajstić information content (AvgIpc) is 2.23. The standard InChI is InChI=1S/C13H24N2O5S/c1-8(16)14-21-13(5,6)9(10(17)18)15(7)11(19)20-12(2,3)4/h9H,1-7H3,(H,14,16)(H,17,18)/t9-/m1/s1. The third-order valence-electron chi connectivity index (χ3n) is 2.42. The Morgan fingerprint density at radius 2 is 1.67 bits per heavy atom. The second-order valence-electron chi connectivity index (χ2n) is 6.20. The molecule has 7 nitrogen and oxygen atoms in total. The van der Waals surface area contributed by atoms with Gasteiger partial charge in [0.05, 0.1) is 4.75 Å². The minimum Gasteiger partial charge on any atom is -0.480 e. The number of hydrogen-bond donors (Lipinski definition) is 2. The number of carboxylic acid groups (broad SMARTS) is 1. The van der Waals surface area contributed by atoms with Crippen molar-refractivity contribution in [3.8, 4) is 0 Å². The van der Waals surface area contributed by atoms with E-state index < -0.39 is 28.5 Å². The Morgan fingerprint density at radius 1 is 1.19 bits per heavy atom. The molecule has 0 rings (SSSR count). The van der Waals surface area contributed by atoms with Gasteiger partial charge in [-0.15, -0.1) is 0 Å². The van der Waals surface area contributed by atoms with Gasteiger partial charge < -0.3 is 9.84 Å². The topological polar surface area (TPSA) is 95.9 Å². The zero-order valence-electron chi connectivity index (χ0n) is 13.5. The molecular weight excluding hydrogens is 296 g/mol. The summed E-state index contributed by atoms with van der Waals surface area (Å²) in [5.74, 6) is -1.47. The van der Waals surface area contributed by atoms with E-state index in [4.69, 9.17) is 4.74 Å². The lowest BCUT2D eigenvalue weighted by molar-refractivity contribution is -0.143. The summed E-state index contributed by atoms with van der Waals surface area (Å²) < 4.78 is 6.74. The van der Waals surface area contributed by atoms with Crippen molar-refractivity contribution in [3.63, 3.8) is 0 Å². The van der Waals surface area contributed by atoms with Gasteiger partial charge >= 0.3 is 12.1 Å². The lowest BCUT2D eigenvalue weighted by atomic mass is 10.0. The van der Waals surface area contributed by atoms with Crippen molar-refractivity contribution >= 4 is 29.9 Å². The number of carbonyl (C=O) groups is 3. The number of ether oxygens (including phenoxy) is 1. The predicted octanol–water partition coefficient (Wildman–Crippen LogP) is 1.87. The van der Waals surface area contributed by atoms with E-state index in [9.17, 15) is 19.5 Å². The molecule has 0 saturated heterocycles. The van der Waals surface area contributed by atoms with Gasteiger partial charge in [-0.05, 0) is 46.6 Å². The summed E-state index contributed by atoms with van der Waals surface area (Å²) in [4.78, 5) is 35.6. The second kappa shape index (κ2) is 7.02. The SMILES string of the molecule is CC(=O)NSC(C)(C)[C@@H](C(=O)O)N(C)C(=O)OC(C)(C)C. The van der Waals surface area contributed by atoms with Crippen molar-refractivity contribution in [2.45, 2.75) is 57.9 Å². The van der Waals surface area contributed by atoms with Gasteiger partial charge in [0.1, 0.15) is 11.6 Å². The van der Waals surface area contributed by atoms with Crippen molar-refractivity contribution in [1.82, 2.24) is 9.62 Å². The van der Waals surface area contributed by atoms with Gasteiger partial charge in [-0.25, -0.2) is 9.59 Å². The molecule has 0 aromatic heterocycles. The summed E-state index contributed by atoms with van der Waals surface area (Å²) in [6.45, 7) is 9.69. The van der Waals surface area contributed by atoms with E-state index in [2.05, 4.69) is 4.72 Å². The maximum atomic E-state index is 12.0. The number of nitrogens with zero attached hydrogens (tertiary/aromatic N) is 1. The van der Waals surface area contributed by atoms with Gasteiger partial charge in [-0.1, -0.05) is 0 Å². The van der Waals surface area contributed by atoms with Crippen LogP contribution in [0.3, 0.4) is 0 Å². The molecule has 21 heavy (non-hydrogen) atoms. The van der Waals surface area contributed by atoms with Crippen molar-refractivity contribution < 1.29 is 24.2 Å². The first-order valence-corrected chi connectivity index (χ1v) is 7.23. The average molecular weight is 320 g/mol. The van der Waals surface area contributed by atoms with Crippen LogP contribution in [0.15, 0.2) is 0 Å². The lowest BCUT2D eigenvalue weighted by Crippen LogP contribution is -2.55. The van der Waals surface area contributed by atoms with Gasteiger partial charge in [0.15, 0.2) is 0 Å². The second-order valence-corrected chi connectivity index (χ2v) is 7.66. The summed E-state index contributed by atoms with van der Waals surface area (Å²) in [7, 11) is 1.36. The van der Waals surface area contributed by atoms with Crippen LogP contribution in [-0.2, 0) is 14.3 Å². The molecule has 0 heterocycles. The number of carbonyl (C=O) groups excluding carboxylic acids is 2. The fourth-order valence-corrected chi connectivity index (χ4v) is 2.41. The zero-order chi connectivity index (χ0) is 17.0. The Kier molecular flexibility index (Phi) is 6.54. The van der Waals surface area contributed by atoms with E-state index in [0.717, 1.165) is 16.8 Å². The summed E-state index contributed by atoms with van der Waals surface area (Å²) in [6, 6.07) is -1.16. The normalized spacial score (nSPS) is 13.3. The number of likely N-dealkylation sites (N-methyl/N-ethyl adjacent to an activating group) is 1. The van der Waals surface area contributed by atoms with Crippen molar-refractivity contribution in [1.29, 1.82) is 0 Å². The minimum atomic E-state index is -1.17. The van der Waals surface area contributed by atoms with Gasteiger partial charge in [0, 0.05) is 14.0 Å². The van der Waals surface area contributed by atoms with Crippen LogP contribution in [-0.4, -0.2) is 51.4 Å². The number of amides is 2. The number of hydrogen-bond acceptors (Lipinski definition) is 5. The molecule has 0 aliphatic rings. The maximum Gasteiger partial charge on any atom is 0.410 e. The molecule has 0 aliphatic heterocycles. The van der Waals surface area contributed by atoms with Crippen LogP contribution < -0.4 is 4.72 Å². The molecule has 122 valence electrons. The molecule has 1 atom stereocenters. The van der Waals surface area contributed by atoms with Gasteiger partial charge in [0.2, 0.25) is 5.91 Å². The lowest BCUT2D eigenvalue weighted by Gasteiger charge is -2.37. The van der Waals surface area contributed by atoms with Crippen LogP contribution in [0.25, 0.3) is 0 Å². The number of aliphatic carboxylic acids is 1. The van der Waals surface area contributed by atoms with E-state index in [1.54, 1.807) is 34.6 Å². The van der Waals surface area contributed by atoms with Crippen LogP contribution in [0.4, 0.5) is 4.79 Å². The van der Waals surface area contributed by atoms with Crippen LogP contribution in [0.1, 0.15) is 41.5 Å². The van der Waals surface area contributed by atoms with Crippen molar-refractivity contribution in [3.05, 3.63) is 0 Å². The quantitative estimate of drug-likeness (QED) is 0.751. The van der Waals surface area contributed by atoms with Crippen molar-refractivity contribution in [2.24, 2.45) is 0 Å². The predicted molar refractivity (Wildman–Crippen MR) is 80.9 cm³/mol. The Labute approximate surface area is 129 Å². The largest absolute Gasteiger partial charge is 0.480 e. The van der Waals surface area contributed by atoms with E-state index in [0.29, 0.717) is 0 Å². The highest BCUT2D eigenvalue weighted by atomic mass is 32.2. The van der Waals surface area contributed by atoms with Crippen LogP contribution >= 0.6 is 11.9 Å². The third-order valence-corrected chi connectivity index (χ3v) is 3.56. The van der Waals surface area contributed by atoms with Crippen LogP contribution in [0.5, 0.6) is 0 Å². The van der Waals surface area contributed by atoms with Crippen LogP contribution in [0.2, 0.25) is 0 Å². The fourth-order valence-electron chi connectivity index (χ4n) is 1.63. The molecule has 8 heteroatoms. The molecule has 0 aromatic carbocycles. The molecule has 0 aliphatic carbocycles. The Morgan fingerprint density at radius 3 is 2.00 bits per heavy atom. The maximum absolute atomic E-state index is 12.0. The van der Waals surface area contributed by atoms with Crippen molar-refractivity contribution in [2.75, 3.05) is 7.05 Å². The highest BCUT2D eigenvalue weighted by molar-refractivity contribution is 7.99. The van der Waals surface area contributed by atoms with E-state index in [1.165, 1.54) is 14.0 Å². The third kappa shape index (κ3) is 6.70. The number of carboxylic acids is 1. The summed E-state index contributed by atoms with van der Waals surface area (Å²) in [5.41, 5.74) is -0.719. The molecule has 0 fully saturated rings. The molecule has 0 saturated carbocycles. The molecule has 0 bridgehead atoms. The molecule has 0 spiro atoms. The highest BCUT2D eigenvalue weighted by Crippen LogP contribution is 2.29. The summed E-state index contributed by atoms with van der Waals surface area (Å²) >= 11 is 0.957. The molecule has 0 aromatic rings. The first-order chi connectivity index (χ1) is 9.28. The molecule has 2 N–H and O–H groups in total. The fraction of sp³-hybridized carbons (Fsp3) is 0.769. The molecule has 0 radical (unpaired) electrons.